The summed E-state index contributed by atoms with van der Waals surface area (Å²) in [6.07, 6.45) is 5.83. The van der Waals surface area contributed by atoms with Gasteiger partial charge in [-0.2, -0.15) is 0 Å². The third kappa shape index (κ3) is 5.35. The molecule has 0 bridgehead atoms. The van der Waals surface area contributed by atoms with E-state index < -0.39 is 0 Å². The highest BCUT2D eigenvalue weighted by Gasteiger charge is 1.98. The van der Waals surface area contributed by atoms with E-state index in [1.54, 1.807) is 0 Å². The van der Waals surface area contributed by atoms with Gasteiger partial charge in [-0.05, 0) is 31.4 Å². The van der Waals surface area contributed by atoms with Gasteiger partial charge in [0, 0.05) is 6.92 Å². The number of aryl methyl sites for hydroxylation is 1. The average Bonchev–Trinajstić information content (AvgIpc) is 2.25. The molecule has 0 spiro atoms. The van der Waals surface area contributed by atoms with Gasteiger partial charge >= 0.3 is 5.97 Å². The van der Waals surface area contributed by atoms with E-state index in [-0.39, 0.29) is 12.1 Å². The Morgan fingerprint density at radius 2 is 2.06 bits per heavy atom. The fourth-order valence-electron chi connectivity index (χ4n) is 1.48. The summed E-state index contributed by atoms with van der Waals surface area (Å²) in [7, 11) is 0. The largest absolute Gasteiger partial charge is 0.459 e. The van der Waals surface area contributed by atoms with E-state index in [9.17, 15) is 4.79 Å². The predicted molar refractivity (Wildman–Crippen MR) is 65.1 cm³/mol. The monoisotopic (exact) mass is 218 g/mol. The molecule has 86 valence electrons. The van der Waals surface area contributed by atoms with E-state index in [0.29, 0.717) is 0 Å². The maximum absolute atomic E-state index is 10.7. The highest BCUT2D eigenvalue weighted by molar-refractivity contribution is 5.66. The second-order valence-corrected chi connectivity index (χ2v) is 3.77. The molecule has 0 saturated heterocycles. The molecule has 1 atom stereocenters. The minimum absolute atomic E-state index is 0.131. The van der Waals surface area contributed by atoms with Crippen molar-refractivity contribution in [3.63, 3.8) is 0 Å². The van der Waals surface area contributed by atoms with Crippen LogP contribution in [0.3, 0.4) is 0 Å². The Hall–Kier alpha value is -1.57. The molecule has 0 N–H and O–H groups in total. The third-order valence-electron chi connectivity index (χ3n) is 2.20. The van der Waals surface area contributed by atoms with E-state index >= 15 is 0 Å². The summed E-state index contributed by atoms with van der Waals surface area (Å²) in [6, 6.07) is 10.3. The fourth-order valence-corrected chi connectivity index (χ4v) is 1.48. The SMILES string of the molecule is CC(=O)OC(C)/C=C/CCc1ccccc1. The lowest BCUT2D eigenvalue weighted by molar-refractivity contribution is -0.143. The molecule has 0 radical (unpaired) electrons. The summed E-state index contributed by atoms with van der Waals surface area (Å²) in [5, 5.41) is 0. The number of esters is 1. The number of allylic oxidation sites excluding steroid dienone is 1. The summed E-state index contributed by atoms with van der Waals surface area (Å²) < 4.78 is 4.98. The van der Waals surface area contributed by atoms with Gasteiger partial charge in [-0.25, -0.2) is 0 Å². The Morgan fingerprint density at radius 1 is 1.38 bits per heavy atom. The molecule has 0 aromatic heterocycles. The van der Waals surface area contributed by atoms with E-state index in [4.69, 9.17) is 4.74 Å². The zero-order valence-electron chi connectivity index (χ0n) is 9.85. The molecule has 2 heteroatoms. The number of carbonyl (C=O) groups is 1. The standard InChI is InChI=1S/C14H18O2/c1-12(16-13(2)15)8-6-7-11-14-9-4-3-5-10-14/h3-6,8-10,12H,7,11H2,1-2H3/b8-6+. The minimum Gasteiger partial charge on any atom is -0.459 e. The normalized spacial score (nSPS) is 12.6. The van der Waals surface area contributed by atoms with Crippen molar-refractivity contribution in [3.05, 3.63) is 48.0 Å². The molecule has 0 aliphatic carbocycles. The Kier molecular flexibility index (Phi) is 5.34. The summed E-state index contributed by atoms with van der Waals surface area (Å²) in [4.78, 5) is 10.7. The molecular formula is C14H18O2. The van der Waals surface area contributed by atoms with Crippen molar-refractivity contribution < 1.29 is 9.53 Å². The zero-order valence-corrected chi connectivity index (χ0v) is 9.85. The van der Waals surface area contributed by atoms with Crippen molar-refractivity contribution in [2.75, 3.05) is 0 Å². The van der Waals surface area contributed by atoms with Crippen LogP contribution in [0.4, 0.5) is 0 Å². The van der Waals surface area contributed by atoms with Crippen molar-refractivity contribution in [1.82, 2.24) is 0 Å². The number of carbonyl (C=O) groups excluding carboxylic acids is 1. The van der Waals surface area contributed by atoms with Crippen LogP contribution in [0.5, 0.6) is 0 Å². The molecule has 0 amide bonds. The van der Waals surface area contributed by atoms with Crippen molar-refractivity contribution in [2.45, 2.75) is 32.8 Å². The van der Waals surface area contributed by atoms with E-state index in [0.717, 1.165) is 12.8 Å². The second-order valence-electron chi connectivity index (χ2n) is 3.77. The van der Waals surface area contributed by atoms with E-state index in [1.807, 2.05) is 31.2 Å². The van der Waals surface area contributed by atoms with Crippen LogP contribution in [0.2, 0.25) is 0 Å². The molecule has 1 aromatic rings. The molecule has 1 aromatic carbocycles. The average molecular weight is 218 g/mol. The smallest absolute Gasteiger partial charge is 0.303 e. The number of rotatable bonds is 5. The summed E-state index contributed by atoms with van der Waals surface area (Å²) in [5.74, 6) is -0.236. The predicted octanol–water partition coefficient (Wildman–Crippen LogP) is 3.13. The molecule has 16 heavy (non-hydrogen) atoms. The Morgan fingerprint density at radius 3 is 2.69 bits per heavy atom. The van der Waals surface area contributed by atoms with Crippen LogP contribution < -0.4 is 0 Å². The maximum atomic E-state index is 10.7. The lowest BCUT2D eigenvalue weighted by Gasteiger charge is -2.05. The van der Waals surface area contributed by atoms with Crippen LogP contribution in [0.1, 0.15) is 25.8 Å². The van der Waals surface area contributed by atoms with Crippen molar-refractivity contribution in [1.29, 1.82) is 0 Å². The molecule has 0 saturated carbocycles. The summed E-state index contributed by atoms with van der Waals surface area (Å²) >= 11 is 0. The summed E-state index contributed by atoms with van der Waals surface area (Å²) in [6.45, 7) is 3.29. The third-order valence-corrected chi connectivity index (χ3v) is 2.20. The van der Waals surface area contributed by atoms with Gasteiger partial charge in [-0.1, -0.05) is 36.4 Å². The van der Waals surface area contributed by atoms with Gasteiger partial charge in [0.2, 0.25) is 0 Å². The molecule has 2 nitrogen and oxygen atoms in total. The number of hydrogen-bond donors (Lipinski definition) is 0. The first-order chi connectivity index (χ1) is 7.68. The Balaban J connectivity index is 2.25. The lowest BCUT2D eigenvalue weighted by atomic mass is 10.1. The molecule has 0 fully saturated rings. The van der Waals surface area contributed by atoms with Gasteiger partial charge in [0.1, 0.15) is 6.10 Å². The van der Waals surface area contributed by atoms with Crippen LogP contribution in [-0.2, 0) is 16.0 Å². The van der Waals surface area contributed by atoms with Crippen molar-refractivity contribution in [2.24, 2.45) is 0 Å². The van der Waals surface area contributed by atoms with E-state index in [1.165, 1.54) is 12.5 Å². The topological polar surface area (TPSA) is 26.3 Å². The van der Waals surface area contributed by atoms with Crippen LogP contribution in [0.15, 0.2) is 42.5 Å². The number of benzene rings is 1. The van der Waals surface area contributed by atoms with Crippen LogP contribution in [0, 0.1) is 0 Å². The first-order valence-corrected chi connectivity index (χ1v) is 5.56. The molecule has 0 aliphatic rings. The Labute approximate surface area is 96.9 Å². The second kappa shape index (κ2) is 6.83. The highest BCUT2D eigenvalue weighted by Crippen LogP contribution is 2.03. The van der Waals surface area contributed by atoms with Crippen LogP contribution >= 0.6 is 0 Å². The van der Waals surface area contributed by atoms with Gasteiger partial charge in [-0.3, -0.25) is 4.79 Å². The van der Waals surface area contributed by atoms with Gasteiger partial charge in [-0.15, -0.1) is 0 Å². The number of ether oxygens (including phenoxy) is 1. The quantitative estimate of drug-likeness (QED) is 0.560. The molecule has 0 aliphatic heterocycles. The Bertz CT molecular complexity index is 341. The van der Waals surface area contributed by atoms with Crippen LogP contribution in [-0.4, -0.2) is 12.1 Å². The van der Waals surface area contributed by atoms with Crippen molar-refractivity contribution >= 4 is 5.97 Å². The fraction of sp³-hybridized carbons (Fsp3) is 0.357. The van der Waals surface area contributed by atoms with Gasteiger partial charge < -0.3 is 4.74 Å². The van der Waals surface area contributed by atoms with Crippen LogP contribution in [0.25, 0.3) is 0 Å². The zero-order chi connectivity index (χ0) is 11.8. The minimum atomic E-state index is -0.236. The van der Waals surface area contributed by atoms with Crippen molar-refractivity contribution in [3.8, 4) is 0 Å². The number of hydrogen-bond acceptors (Lipinski definition) is 2. The first-order valence-electron chi connectivity index (χ1n) is 5.56. The van der Waals surface area contributed by atoms with E-state index in [2.05, 4.69) is 18.2 Å². The maximum Gasteiger partial charge on any atom is 0.303 e. The highest BCUT2D eigenvalue weighted by atomic mass is 16.5. The van der Waals surface area contributed by atoms with Gasteiger partial charge in [0.25, 0.3) is 0 Å². The summed E-state index contributed by atoms with van der Waals surface area (Å²) in [5.41, 5.74) is 1.33. The molecule has 1 unspecified atom stereocenters. The van der Waals surface area contributed by atoms with Gasteiger partial charge in [0.05, 0.1) is 0 Å². The molecule has 0 heterocycles. The lowest BCUT2D eigenvalue weighted by Crippen LogP contribution is -2.08. The first kappa shape index (κ1) is 12.5. The molecule has 1 rings (SSSR count). The molecular weight excluding hydrogens is 200 g/mol. The van der Waals surface area contributed by atoms with Gasteiger partial charge in [0.15, 0.2) is 0 Å².